The van der Waals surface area contributed by atoms with E-state index in [4.69, 9.17) is 15.0 Å². The van der Waals surface area contributed by atoms with Gasteiger partial charge in [-0.3, -0.25) is 0 Å². The SMILES string of the molecule is CCc1cc(N)ccc1OCc1cc(C)on1. The van der Waals surface area contributed by atoms with Crippen molar-refractivity contribution in [1.82, 2.24) is 5.16 Å². The highest BCUT2D eigenvalue weighted by molar-refractivity contribution is 5.47. The Balaban J connectivity index is 2.08. The zero-order valence-electron chi connectivity index (χ0n) is 10.1. The van der Waals surface area contributed by atoms with Crippen LogP contribution in [0.4, 0.5) is 5.69 Å². The maximum absolute atomic E-state index is 5.73. The topological polar surface area (TPSA) is 61.3 Å². The van der Waals surface area contributed by atoms with E-state index in [1.807, 2.05) is 31.2 Å². The highest BCUT2D eigenvalue weighted by Gasteiger charge is 2.05. The van der Waals surface area contributed by atoms with E-state index in [0.29, 0.717) is 6.61 Å². The fourth-order valence-corrected chi connectivity index (χ4v) is 1.65. The molecule has 2 aromatic rings. The van der Waals surface area contributed by atoms with Gasteiger partial charge in [-0.25, -0.2) is 0 Å². The molecule has 0 amide bonds. The lowest BCUT2D eigenvalue weighted by atomic mass is 10.1. The molecule has 0 aliphatic heterocycles. The summed E-state index contributed by atoms with van der Waals surface area (Å²) in [5, 5.41) is 3.88. The van der Waals surface area contributed by atoms with Crippen LogP contribution in [-0.4, -0.2) is 5.16 Å². The predicted octanol–water partition coefficient (Wildman–Crippen LogP) is 2.71. The average Bonchev–Trinajstić information content (AvgIpc) is 2.73. The van der Waals surface area contributed by atoms with Gasteiger partial charge in [-0.15, -0.1) is 0 Å². The molecule has 0 saturated carbocycles. The van der Waals surface area contributed by atoms with Crippen LogP contribution in [0.3, 0.4) is 0 Å². The van der Waals surface area contributed by atoms with Gasteiger partial charge in [-0.1, -0.05) is 12.1 Å². The second kappa shape index (κ2) is 4.91. The van der Waals surface area contributed by atoms with Crippen LogP contribution in [0.25, 0.3) is 0 Å². The Morgan fingerprint density at radius 1 is 1.35 bits per heavy atom. The molecule has 0 radical (unpaired) electrons. The number of rotatable bonds is 4. The first kappa shape index (κ1) is 11.5. The minimum Gasteiger partial charge on any atom is -0.487 e. The van der Waals surface area contributed by atoms with Gasteiger partial charge in [0.25, 0.3) is 0 Å². The van der Waals surface area contributed by atoms with E-state index >= 15 is 0 Å². The van der Waals surface area contributed by atoms with Gasteiger partial charge in [0.1, 0.15) is 23.8 Å². The van der Waals surface area contributed by atoms with E-state index in [2.05, 4.69) is 12.1 Å². The van der Waals surface area contributed by atoms with Gasteiger partial charge in [-0.2, -0.15) is 0 Å². The van der Waals surface area contributed by atoms with Crippen LogP contribution in [0, 0.1) is 6.92 Å². The lowest BCUT2D eigenvalue weighted by Crippen LogP contribution is -1.99. The molecule has 0 unspecified atom stereocenters. The van der Waals surface area contributed by atoms with E-state index in [0.717, 1.165) is 34.9 Å². The van der Waals surface area contributed by atoms with Crippen molar-refractivity contribution in [2.45, 2.75) is 26.9 Å². The second-order valence-electron chi connectivity index (χ2n) is 3.94. The predicted molar refractivity (Wildman–Crippen MR) is 65.8 cm³/mol. The number of hydrogen-bond acceptors (Lipinski definition) is 4. The monoisotopic (exact) mass is 232 g/mol. The van der Waals surface area contributed by atoms with Gasteiger partial charge in [0.05, 0.1) is 0 Å². The number of anilines is 1. The van der Waals surface area contributed by atoms with E-state index < -0.39 is 0 Å². The highest BCUT2D eigenvalue weighted by atomic mass is 16.5. The summed E-state index contributed by atoms with van der Waals surface area (Å²) in [4.78, 5) is 0. The van der Waals surface area contributed by atoms with E-state index in [1.165, 1.54) is 0 Å². The van der Waals surface area contributed by atoms with Gasteiger partial charge in [-0.05, 0) is 37.1 Å². The third kappa shape index (κ3) is 2.78. The van der Waals surface area contributed by atoms with Crippen molar-refractivity contribution < 1.29 is 9.26 Å². The van der Waals surface area contributed by atoms with Gasteiger partial charge in [0.2, 0.25) is 0 Å². The number of nitrogen functional groups attached to an aromatic ring is 1. The molecule has 0 bridgehead atoms. The van der Waals surface area contributed by atoms with Gasteiger partial charge >= 0.3 is 0 Å². The summed E-state index contributed by atoms with van der Waals surface area (Å²) in [7, 11) is 0. The van der Waals surface area contributed by atoms with Crippen LogP contribution in [0.1, 0.15) is 23.9 Å². The molecule has 0 atom stereocenters. The van der Waals surface area contributed by atoms with Crippen LogP contribution >= 0.6 is 0 Å². The molecule has 1 aromatic carbocycles. The molecule has 2 N–H and O–H groups in total. The average molecular weight is 232 g/mol. The lowest BCUT2D eigenvalue weighted by molar-refractivity contribution is 0.285. The normalized spacial score (nSPS) is 10.5. The van der Waals surface area contributed by atoms with Gasteiger partial charge in [0, 0.05) is 11.8 Å². The number of hydrogen-bond donors (Lipinski definition) is 1. The molecule has 0 spiro atoms. The summed E-state index contributed by atoms with van der Waals surface area (Å²) >= 11 is 0. The third-order valence-corrected chi connectivity index (χ3v) is 2.52. The largest absolute Gasteiger partial charge is 0.487 e. The maximum atomic E-state index is 5.73. The minimum absolute atomic E-state index is 0.411. The second-order valence-corrected chi connectivity index (χ2v) is 3.94. The quantitative estimate of drug-likeness (QED) is 0.823. The lowest BCUT2D eigenvalue weighted by Gasteiger charge is -2.09. The van der Waals surface area contributed by atoms with Crippen molar-refractivity contribution in [2.75, 3.05) is 5.73 Å². The molecular formula is C13H16N2O2. The number of aromatic nitrogens is 1. The number of ether oxygens (including phenoxy) is 1. The standard InChI is InChI=1S/C13H16N2O2/c1-3-10-7-11(14)4-5-13(10)16-8-12-6-9(2)17-15-12/h4-7H,3,8,14H2,1-2H3. The van der Waals surface area contributed by atoms with Crippen molar-refractivity contribution in [3.63, 3.8) is 0 Å². The zero-order chi connectivity index (χ0) is 12.3. The zero-order valence-corrected chi connectivity index (χ0v) is 10.1. The van der Waals surface area contributed by atoms with Crippen LogP contribution in [0.15, 0.2) is 28.8 Å². The fourth-order valence-electron chi connectivity index (χ4n) is 1.65. The van der Waals surface area contributed by atoms with Crippen molar-refractivity contribution in [3.05, 3.63) is 41.3 Å². The van der Waals surface area contributed by atoms with E-state index in [1.54, 1.807) is 0 Å². The van der Waals surface area contributed by atoms with Gasteiger partial charge in [0.15, 0.2) is 0 Å². The highest BCUT2D eigenvalue weighted by Crippen LogP contribution is 2.22. The van der Waals surface area contributed by atoms with Crippen molar-refractivity contribution in [2.24, 2.45) is 0 Å². The van der Waals surface area contributed by atoms with E-state index in [9.17, 15) is 0 Å². The van der Waals surface area contributed by atoms with Crippen LogP contribution in [-0.2, 0) is 13.0 Å². The third-order valence-electron chi connectivity index (χ3n) is 2.52. The Labute approximate surface area is 100 Å². The first-order valence-electron chi connectivity index (χ1n) is 5.62. The molecule has 17 heavy (non-hydrogen) atoms. The molecule has 0 aliphatic rings. The Morgan fingerprint density at radius 2 is 2.18 bits per heavy atom. The Kier molecular flexibility index (Phi) is 3.32. The molecule has 0 fully saturated rings. The van der Waals surface area contributed by atoms with Crippen molar-refractivity contribution >= 4 is 5.69 Å². The summed E-state index contributed by atoms with van der Waals surface area (Å²) in [6.45, 7) is 4.34. The Bertz CT molecular complexity index is 506. The molecule has 1 heterocycles. The van der Waals surface area contributed by atoms with Crippen LogP contribution in [0.2, 0.25) is 0 Å². The summed E-state index contributed by atoms with van der Waals surface area (Å²) in [5.41, 5.74) is 8.38. The first-order valence-corrected chi connectivity index (χ1v) is 5.62. The first-order chi connectivity index (χ1) is 8.19. The molecule has 4 heteroatoms. The summed E-state index contributed by atoms with van der Waals surface area (Å²) < 4.78 is 10.7. The molecule has 0 saturated heterocycles. The maximum Gasteiger partial charge on any atom is 0.134 e. The Hall–Kier alpha value is -1.97. The minimum atomic E-state index is 0.411. The molecule has 90 valence electrons. The van der Waals surface area contributed by atoms with Crippen LogP contribution < -0.4 is 10.5 Å². The number of nitrogens with two attached hydrogens (primary N) is 1. The summed E-state index contributed by atoms with van der Waals surface area (Å²) in [6, 6.07) is 7.52. The van der Waals surface area contributed by atoms with Gasteiger partial charge < -0.3 is 15.0 Å². The fraction of sp³-hybridized carbons (Fsp3) is 0.308. The van der Waals surface area contributed by atoms with Crippen molar-refractivity contribution in [1.29, 1.82) is 0 Å². The smallest absolute Gasteiger partial charge is 0.134 e. The summed E-state index contributed by atoms with van der Waals surface area (Å²) in [6.07, 6.45) is 0.887. The number of benzene rings is 1. The van der Waals surface area contributed by atoms with E-state index in [-0.39, 0.29) is 0 Å². The number of aryl methyl sites for hydroxylation is 2. The van der Waals surface area contributed by atoms with Crippen LogP contribution in [0.5, 0.6) is 5.75 Å². The Morgan fingerprint density at radius 3 is 2.82 bits per heavy atom. The van der Waals surface area contributed by atoms with Crippen molar-refractivity contribution in [3.8, 4) is 5.75 Å². The summed E-state index contributed by atoms with van der Waals surface area (Å²) in [5.74, 6) is 1.64. The molecule has 2 rings (SSSR count). The molecule has 4 nitrogen and oxygen atoms in total. The molecule has 1 aromatic heterocycles. The molecular weight excluding hydrogens is 216 g/mol. The number of nitrogens with zero attached hydrogens (tertiary/aromatic N) is 1. The molecule has 0 aliphatic carbocycles.